The summed E-state index contributed by atoms with van der Waals surface area (Å²) in [6.07, 6.45) is -0.346. The molecule has 0 unspecified atom stereocenters. The lowest BCUT2D eigenvalue weighted by Gasteiger charge is -2.38. The monoisotopic (exact) mass is 598 g/mol. The molecule has 1 fully saturated rings. The van der Waals surface area contributed by atoms with Crippen LogP contribution in [-0.4, -0.2) is 91.8 Å². The van der Waals surface area contributed by atoms with Crippen LogP contribution in [0.15, 0.2) is 48.5 Å². The van der Waals surface area contributed by atoms with Crippen molar-refractivity contribution in [2.24, 2.45) is 0 Å². The molecule has 2 aliphatic heterocycles. The normalized spacial score (nSPS) is 22.5. The number of fused-ring (bicyclic) bond motifs is 1. The third-order valence-electron chi connectivity index (χ3n) is 8.03. The van der Waals surface area contributed by atoms with Crippen molar-refractivity contribution in [1.29, 1.82) is 0 Å². The number of hydrogen-bond donors (Lipinski definition) is 4. The standard InChI is InChI=1S/C31H39FN4O7/c1-20(37)27-30(41)36(2)14-17-43-25-9-4-3-8-23(25)28(39)34-24(10-11-26(38)35-27)29(40)33-19-31(12-15-42-16-13-31)21-6-5-7-22(32)18-21/h3-9,18,20,24,27,37H,10-17,19H2,1-2H3,(H,33,40)(H,34,39)(H,35,38)/t20-,24+,27+/m1/s1. The zero-order valence-electron chi connectivity index (χ0n) is 24.4. The summed E-state index contributed by atoms with van der Waals surface area (Å²) in [5, 5.41) is 18.4. The minimum absolute atomic E-state index is 0.0444. The molecule has 0 saturated carbocycles. The van der Waals surface area contributed by atoms with Crippen LogP contribution in [0.3, 0.4) is 0 Å². The van der Waals surface area contributed by atoms with Crippen molar-refractivity contribution in [2.45, 2.75) is 56.2 Å². The number of benzene rings is 2. The molecule has 12 heteroatoms. The van der Waals surface area contributed by atoms with Crippen LogP contribution in [-0.2, 0) is 24.5 Å². The van der Waals surface area contributed by atoms with Gasteiger partial charge in [0.2, 0.25) is 17.7 Å². The highest BCUT2D eigenvalue weighted by Gasteiger charge is 2.36. The van der Waals surface area contributed by atoms with Crippen LogP contribution in [0, 0.1) is 5.82 Å². The summed E-state index contributed by atoms with van der Waals surface area (Å²) in [6.45, 7) is 2.64. The maximum absolute atomic E-state index is 14.1. The number of para-hydroxylation sites is 1. The molecule has 0 bridgehead atoms. The lowest BCUT2D eigenvalue weighted by molar-refractivity contribution is -0.138. The number of rotatable bonds is 5. The predicted octanol–water partition coefficient (Wildman–Crippen LogP) is 1.29. The van der Waals surface area contributed by atoms with Gasteiger partial charge in [-0.3, -0.25) is 19.2 Å². The number of nitrogens with one attached hydrogen (secondary N) is 3. The Labute approximate surface area is 250 Å². The second-order valence-corrected chi connectivity index (χ2v) is 11.1. The average Bonchev–Trinajstić information content (AvgIpc) is 3.00. The largest absolute Gasteiger partial charge is 0.491 e. The smallest absolute Gasteiger partial charge is 0.255 e. The van der Waals surface area contributed by atoms with Gasteiger partial charge in [-0.25, -0.2) is 4.39 Å². The van der Waals surface area contributed by atoms with Gasteiger partial charge in [-0.15, -0.1) is 0 Å². The maximum Gasteiger partial charge on any atom is 0.255 e. The van der Waals surface area contributed by atoms with Crippen LogP contribution in [0.4, 0.5) is 4.39 Å². The highest BCUT2D eigenvalue weighted by molar-refractivity contribution is 6.00. The van der Waals surface area contributed by atoms with Crippen molar-refractivity contribution in [3.63, 3.8) is 0 Å². The molecule has 2 heterocycles. The van der Waals surface area contributed by atoms with Gasteiger partial charge in [-0.2, -0.15) is 0 Å². The van der Waals surface area contributed by atoms with E-state index in [-0.39, 0.29) is 49.7 Å². The summed E-state index contributed by atoms with van der Waals surface area (Å²) in [5.41, 5.74) is 0.358. The summed E-state index contributed by atoms with van der Waals surface area (Å²) in [4.78, 5) is 54.2. The van der Waals surface area contributed by atoms with Crippen molar-refractivity contribution >= 4 is 23.6 Å². The van der Waals surface area contributed by atoms with E-state index in [9.17, 15) is 28.7 Å². The molecule has 2 aliphatic rings. The molecule has 232 valence electrons. The Balaban J connectivity index is 1.58. The molecule has 4 rings (SSSR count). The summed E-state index contributed by atoms with van der Waals surface area (Å²) in [6, 6.07) is 10.5. The van der Waals surface area contributed by atoms with Gasteiger partial charge >= 0.3 is 0 Å². The first-order valence-corrected chi connectivity index (χ1v) is 14.5. The highest BCUT2D eigenvalue weighted by atomic mass is 19.1. The molecule has 11 nitrogen and oxygen atoms in total. The number of aliphatic hydroxyl groups excluding tert-OH is 1. The van der Waals surface area contributed by atoms with Crippen LogP contribution in [0.5, 0.6) is 5.75 Å². The zero-order valence-corrected chi connectivity index (χ0v) is 24.4. The van der Waals surface area contributed by atoms with Crippen LogP contribution < -0.4 is 20.7 Å². The van der Waals surface area contributed by atoms with E-state index in [1.54, 1.807) is 30.3 Å². The molecule has 1 saturated heterocycles. The number of aliphatic hydroxyl groups is 1. The topological polar surface area (TPSA) is 146 Å². The maximum atomic E-state index is 14.1. The van der Waals surface area contributed by atoms with E-state index in [1.807, 2.05) is 6.07 Å². The van der Waals surface area contributed by atoms with Gasteiger partial charge in [0.25, 0.3) is 5.91 Å². The highest BCUT2D eigenvalue weighted by Crippen LogP contribution is 2.34. The molecular weight excluding hydrogens is 559 g/mol. The SMILES string of the molecule is C[C@@H](O)[C@@H]1NC(=O)CC[C@@H](C(=O)NCC2(c3cccc(F)c3)CCOCC2)NC(=O)c2ccccc2OCCN(C)C1=O. The predicted molar refractivity (Wildman–Crippen MR) is 155 cm³/mol. The average molecular weight is 599 g/mol. The molecule has 2 aromatic rings. The summed E-state index contributed by atoms with van der Waals surface area (Å²) < 4.78 is 25.5. The summed E-state index contributed by atoms with van der Waals surface area (Å²) in [7, 11) is 1.53. The van der Waals surface area contributed by atoms with Gasteiger partial charge in [0, 0.05) is 38.6 Å². The van der Waals surface area contributed by atoms with E-state index >= 15 is 0 Å². The van der Waals surface area contributed by atoms with E-state index in [1.165, 1.54) is 31.0 Å². The molecule has 3 atom stereocenters. The van der Waals surface area contributed by atoms with Gasteiger partial charge in [0.15, 0.2) is 0 Å². The molecule has 0 spiro atoms. The number of carbonyl (C=O) groups excluding carboxylic acids is 4. The molecular formula is C31H39FN4O7. The molecule has 4 amide bonds. The second-order valence-electron chi connectivity index (χ2n) is 11.1. The van der Waals surface area contributed by atoms with Crippen LogP contribution >= 0.6 is 0 Å². The van der Waals surface area contributed by atoms with E-state index in [0.717, 1.165) is 5.56 Å². The van der Waals surface area contributed by atoms with Gasteiger partial charge < -0.3 is 35.4 Å². The van der Waals surface area contributed by atoms with Crippen molar-refractivity contribution in [3.05, 3.63) is 65.5 Å². The van der Waals surface area contributed by atoms with E-state index < -0.39 is 47.2 Å². The molecule has 4 N–H and O–H groups in total. The lowest BCUT2D eigenvalue weighted by atomic mass is 9.74. The van der Waals surface area contributed by atoms with Crippen LogP contribution in [0.1, 0.15) is 48.5 Å². The number of hydrogen-bond acceptors (Lipinski definition) is 7. The first-order chi connectivity index (χ1) is 20.6. The second kappa shape index (κ2) is 14.4. The van der Waals surface area contributed by atoms with Gasteiger partial charge in [-0.1, -0.05) is 24.3 Å². The number of carbonyl (C=O) groups is 4. The number of amides is 4. The first kappa shape index (κ1) is 31.9. The molecule has 2 aromatic carbocycles. The van der Waals surface area contributed by atoms with E-state index in [0.29, 0.717) is 26.1 Å². The Morgan fingerprint density at radius 2 is 1.86 bits per heavy atom. The number of nitrogens with zero attached hydrogens (tertiary/aromatic N) is 1. The Kier molecular flexibility index (Phi) is 10.7. The quantitative estimate of drug-likeness (QED) is 0.406. The van der Waals surface area contributed by atoms with Crippen molar-refractivity contribution < 1.29 is 38.1 Å². The zero-order chi connectivity index (χ0) is 31.0. The number of likely N-dealkylation sites (N-methyl/N-ethyl adjacent to an activating group) is 1. The molecule has 0 radical (unpaired) electrons. The number of halogens is 1. The third-order valence-corrected chi connectivity index (χ3v) is 8.03. The van der Waals surface area contributed by atoms with Crippen molar-refractivity contribution in [3.8, 4) is 5.75 Å². The molecule has 0 aliphatic carbocycles. The Bertz CT molecular complexity index is 1310. The third kappa shape index (κ3) is 8.08. The van der Waals surface area contributed by atoms with Crippen molar-refractivity contribution in [2.75, 3.05) is 40.0 Å². The fourth-order valence-corrected chi connectivity index (χ4v) is 5.36. The Morgan fingerprint density at radius 3 is 2.58 bits per heavy atom. The summed E-state index contributed by atoms with van der Waals surface area (Å²) >= 11 is 0. The van der Waals surface area contributed by atoms with Gasteiger partial charge in [0.1, 0.15) is 30.3 Å². The minimum atomic E-state index is -1.20. The van der Waals surface area contributed by atoms with Gasteiger partial charge in [0.05, 0.1) is 18.2 Å². The molecule has 0 aromatic heterocycles. The summed E-state index contributed by atoms with van der Waals surface area (Å²) in [5.74, 6) is -2.26. The lowest BCUT2D eigenvalue weighted by Crippen LogP contribution is -2.54. The van der Waals surface area contributed by atoms with Crippen LogP contribution in [0.2, 0.25) is 0 Å². The number of ether oxygens (including phenoxy) is 2. The Morgan fingerprint density at radius 1 is 1.12 bits per heavy atom. The van der Waals surface area contributed by atoms with E-state index in [2.05, 4.69) is 16.0 Å². The fraction of sp³-hybridized carbons (Fsp3) is 0.484. The first-order valence-electron chi connectivity index (χ1n) is 14.5. The molecule has 43 heavy (non-hydrogen) atoms. The van der Waals surface area contributed by atoms with Crippen LogP contribution in [0.25, 0.3) is 0 Å². The fourth-order valence-electron chi connectivity index (χ4n) is 5.36. The Hall–Kier alpha value is -4.03. The van der Waals surface area contributed by atoms with Gasteiger partial charge in [-0.05, 0) is 56.0 Å². The van der Waals surface area contributed by atoms with Crippen molar-refractivity contribution in [1.82, 2.24) is 20.9 Å². The minimum Gasteiger partial charge on any atom is -0.491 e. The van der Waals surface area contributed by atoms with E-state index in [4.69, 9.17) is 9.47 Å².